The number of carboxylic acids is 1. The zero-order valence-electron chi connectivity index (χ0n) is 15.8. The lowest BCUT2D eigenvalue weighted by atomic mass is 10.00. The van der Waals surface area contributed by atoms with E-state index >= 15 is 0 Å². The first-order valence-corrected chi connectivity index (χ1v) is 9.46. The fourth-order valence-corrected chi connectivity index (χ4v) is 3.76. The van der Waals surface area contributed by atoms with Crippen molar-refractivity contribution in [3.63, 3.8) is 0 Å². The van der Waals surface area contributed by atoms with Gasteiger partial charge in [-0.25, -0.2) is 4.79 Å². The topological polar surface area (TPSA) is 80.6 Å². The van der Waals surface area contributed by atoms with Gasteiger partial charge in [-0.1, -0.05) is 66.7 Å². The minimum absolute atomic E-state index is 0.179. The summed E-state index contributed by atoms with van der Waals surface area (Å²) in [6.07, 6.45) is -0.341. The van der Waals surface area contributed by atoms with Crippen molar-refractivity contribution in [2.75, 3.05) is 0 Å². The molecular weight excluding hydrogens is 380 g/mol. The van der Waals surface area contributed by atoms with E-state index in [1.54, 1.807) is 18.2 Å². The Hall–Kier alpha value is -4.12. The number of fused-ring (bicyclic) bond motifs is 3. The van der Waals surface area contributed by atoms with Gasteiger partial charge in [0.15, 0.2) is 5.58 Å². The van der Waals surface area contributed by atoms with Crippen molar-refractivity contribution in [1.82, 2.24) is 0 Å². The van der Waals surface area contributed by atoms with E-state index < -0.39 is 11.6 Å². The first kappa shape index (κ1) is 17.9. The molecule has 0 saturated carbocycles. The van der Waals surface area contributed by atoms with Crippen LogP contribution in [-0.2, 0) is 11.2 Å². The van der Waals surface area contributed by atoms with Crippen molar-refractivity contribution in [1.29, 1.82) is 0 Å². The summed E-state index contributed by atoms with van der Waals surface area (Å²) in [4.78, 5) is 24.2. The average molecular weight is 396 g/mol. The Kier molecular flexibility index (Phi) is 4.21. The maximum absolute atomic E-state index is 12.7. The number of rotatable bonds is 4. The van der Waals surface area contributed by atoms with Crippen LogP contribution in [0.15, 0.2) is 92.5 Å². The predicted octanol–water partition coefficient (Wildman–Crippen LogP) is 5.50. The van der Waals surface area contributed by atoms with E-state index in [2.05, 4.69) is 0 Å². The third-order valence-electron chi connectivity index (χ3n) is 5.13. The number of furan rings is 1. The Balaban J connectivity index is 1.74. The molecule has 5 rings (SSSR count). The molecule has 0 atom stereocenters. The third-order valence-corrected chi connectivity index (χ3v) is 5.13. The van der Waals surface area contributed by atoms with Crippen LogP contribution in [0.3, 0.4) is 0 Å². The summed E-state index contributed by atoms with van der Waals surface area (Å²) in [6.45, 7) is 0. The van der Waals surface area contributed by atoms with Crippen LogP contribution in [-0.4, -0.2) is 11.1 Å². The summed E-state index contributed by atoms with van der Waals surface area (Å²) in [7, 11) is 0. The lowest BCUT2D eigenvalue weighted by molar-refractivity contribution is -0.136. The minimum atomic E-state index is -1.05. The molecule has 5 nitrogen and oxygen atoms in total. The van der Waals surface area contributed by atoms with Crippen LogP contribution in [0.1, 0.15) is 5.56 Å². The monoisotopic (exact) mass is 396 g/mol. The van der Waals surface area contributed by atoms with Crippen LogP contribution in [0.25, 0.3) is 44.4 Å². The summed E-state index contributed by atoms with van der Waals surface area (Å²) in [6, 6.07) is 24.6. The molecule has 0 aliphatic carbocycles. The number of para-hydroxylation sites is 1. The molecule has 0 spiro atoms. The first-order valence-electron chi connectivity index (χ1n) is 9.46. The average Bonchev–Trinajstić information content (AvgIpc) is 3.14. The molecule has 0 radical (unpaired) electrons. The van der Waals surface area contributed by atoms with E-state index in [1.807, 2.05) is 60.7 Å². The van der Waals surface area contributed by atoms with E-state index in [9.17, 15) is 14.7 Å². The number of carboxylic acid groups (broad SMARTS) is 1. The number of hydrogen-bond donors (Lipinski definition) is 1. The molecule has 0 unspecified atom stereocenters. The fourth-order valence-electron chi connectivity index (χ4n) is 3.76. The third kappa shape index (κ3) is 2.97. The van der Waals surface area contributed by atoms with Crippen molar-refractivity contribution in [2.45, 2.75) is 6.42 Å². The highest BCUT2D eigenvalue weighted by Gasteiger charge is 2.23. The molecule has 0 fully saturated rings. The van der Waals surface area contributed by atoms with Crippen molar-refractivity contribution in [3.05, 3.63) is 94.8 Å². The molecule has 146 valence electrons. The summed E-state index contributed by atoms with van der Waals surface area (Å²) in [5.74, 6) is -0.678. The van der Waals surface area contributed by atoms with Gasteiger partial charge in [-0.05, 0) is 23.3 Å². The first-order chi connectivity index (χ1) is 14.6. The van der Waals surface area contributed by atoms with Crippen molar-refractivity contribution >= 4 is 27.9 Å². The number of benzene rings is 3. The van der Waals surface area contributed by atoms with Crippen LogP contribution in [0.5, 0.6) is 0 Å². The minimum Gasteiger partial charge on any atom is -0.481 e. The molecule has 2 aromatic heterocycles. The van der Waals surface area contributed by atoms with E-state index in [4.69, 9.17) is 8.83 Å². The maximum atomic E-state index is 12.7. The summed E-state index contributed by atoms with van der Waals surface area (Å²) < 4.78 is 11.5. The molecule has 0 saturated heterocycles. The van der Waals surface area contributed by atoms with E-state index in [-0.39, 0.29) is 11.8 Å². The van der Waals surface area contributed by atoms with Crippen LogP contribution >= 0.6 is 0 Å². The Bertz CT molecular complexity index is 1440. The van der Waals surface area contributed by atoms with Crippen LogP contribution in [0.2, 0.25) is 0 Å². The van der Waals surface area contributed by atoms with E-state index in [0.717, 1.165) is 11.1 Å². The van der Waals surface area contributed by atoms with Gasteiger partial charge in [0, 0.05) is 11.1 Å². The lowest BCUT2D eigenvalue weighted by Crippen LogP contribution is -2.06. The second kappa shape index (κ2) is 7.04. The number of aliphatic carboxylic acids is 1. The van der Waals surface area contributed by atoms with Gasteiger partial charge < -0.3 is 13.9 Å². The standard InChI is InChI=1S/C25H16O5/c26-21(27)14-19-22-24(18-8-4-5-9-20(18)29-25(22)28)30-23(19)17-12-10-16(11-13-17)15-6-2-1-3-7-15/h1-13H,14H2,(H,26,27). The van der Waals surface area contributed by atoms with Gasteiger partial charge in [-0.3, -0.25) is 4.79 Å². The van der Waals surface area contributed by atoms with Crippen LogP contribution in [0, 0.1) is 0 Å². The Morgan fingerprint density at radius 3 is 2.13 bits per heavy atom. The lowest BCUT2D eigenvalue weighted by Gasteiger charge is -2.04. The molecule has 0 amide bonds. The van der Waals surface area contributed by atoms with Crippen LogP contribution < -0.4 is 5.63 Å². The highest BCUT2D eigenvalue weighted by molar-refractivity contribution is 6.04. The molecule has 0 aliphatic rings. The molecule has 5 heteroatoms. The molecule has 0 aliphatic heterocycles. The summed E-state index contributed by atoms with van der Waals surface area (Å²) >= 11 is 0. The quantitative estimate of drug-likeness (QED) is 0.406. The summed E-state index contributed by atoms with van der Waals surface area (Å²) in [5, 5.41) is 10.2. The normalized spacial score (nSPS) is 11.2. The van der Waals surface area contributed by atoms with Gasteiger partial charge in [-0.15, -0.1) is 0 Å². The van der Waals surface area contributed by atoms with Crippen LogP contribution in [0.4, 0.5) is 0 Å². The molecule has 5 aromatic rings. The molecule has 30 heavy (non-hydrogen) atoms. The second-order valence-electron chi connectivity index (χ2n) is 7.01. The number of carbonyl (C=O) groups is 1. The number of hydrogen-bond acceptors (Lipinski definition) is 4. The Morgan fingerprint density at radius 1 is 0.767 bits per heavy atom. The smallest absolute Gasteiger partial charge is 0.347 e. The van der Waals surface area contributed by atoms with Gasteiger partial charge >= 0.3 is 11.6 Å². The van der Waals surface area contributed by atoms with Gasteiger partial charge in [-0.2, -0.15) is 0 Å². The molecule has 3 aromatic carbocycles. The van der Waals surface area contributed by atoms with Crippen molar-refractivity contribution in [2.24, 2.45) is 0 Å². The van der Waals surface area contributed by atoms with Gasteiger partial charge in [0.2, 0.25) is 0 Å². The van der Waals surface area contributed by atoms with E-state index in [0.29, 0.717) is 33.4 Å². The fraction of sp³-hybridized carbons (Fsp3) is 0.0400. The van der Waals surface area contributed by atoms with E-state index in [1.165, 1.54) is 0 Å². The van der Waals surface area contributed by atoms with Crippen molar-refractivity contribution in [3.8, 4) is 22.5 Å². The zero-order chi connectivity index (χ0) is 20.7. The molecule has 1 N–H and O–H groups in total. The Labute approximate surface area is 170 Å². The van der Waals surface area contributed by atoms with Crippen molar-refractivity contribution < 1.29 is 18.7 Å². The largest absolute Gasteiger partial charge is 0.481 e. The highest BCUT2D eigenvalue weighted by Crippen LogP contribution is 2.36. The second-order valence-corrected chi connectivity index (χ2v) is 7.01. The van der Waals surface area contributed by atoms with Gasteiger partial charge in [0.1, 0.15) is 16.7 Å². The highest BCUT2D eigenvalue weighted by atomic mass is 16.4. The van der Waals surface area contributed by atoms with Gasteiger partial charge in [0.25, 0.3) is 0 Å². The summed E-state index contributed by atoms with van der Waals surface area (Å²) in [5.41, 5.74) is 3.27. The molecule has 2 heterocycles. The zero-order valence-corrected chi connectivity index (χ0v) is 15.8. The predicted molar refractivity (Wildman–Crippen MR) is 114 cm³/mol. The Morgan fingerprint density at radius 2 is 1.40 bits per heavy atom. The maximum Gasteiger partial charge on any atom is 0.347 e. The SMILES string of the molecule is O=C(O)Cc1c(-c2ccc(-c3ccccc3)cc2)oc2c1c(=O)oc1ccccc12. The van der Waals surface area contributed by atoms with Gasteiger partial charge in [0.05, 0.1) is 11.8 Å². The molecular formula is C25H16O5. The molecule has 0 bridgehead atoms.